The Morgan fingerprint density at radius 3 is 2.56 bits per heavy atom. The number of likely N-dealkylation sites (tertiary alicyclic amines) is 1. The number of nitrogens with one attached hydrogen (secondary N) is 1. The Labute approximate surface area is 99.5 Å². The summed E-state index contributed by atoms with van der Waals surface area (Å²) >= 11 is 0. The maximum atomic E-state index is 5.28. The molecule has 0 aromatic heterocycles. The molecule has 0 aromatic rings. The van der Waals surface area contributed by atoms with Crippen molar-refractivity contribution in [1.82, 2.24) is 10.2 Å². The molecule has 1 aliphatic heterocycles. The van der Waals surface area contributed by atoms with Gasteiger partial charge < -0.3 is 15.0 Å². The van der Waals surface area contributed by atoms with E-state index in [1.807, 2.05) is 7.11 Å². The SMILES string of the molecule is COC1CC(NCCC2CCN(C)CC2)C1. The lowest BCUT2D eigenvalue weighted by Gasteiger charge is -2.35. The van der Waals surface area contributed by atoms with E-state index in [4.69, 9.17) is 4.74 Å². The van der Waals surface area contributed by atoms with Crippen LogP contribution in [0.2, 0.25) is 0 Å². The van der Waals surface area contributed by atoms with E-state index in [1.54, 1.807) is 0 Å². The molecule has 3 heteroatoms. The molecule has 0 spiro atoms. The lowest BCUT2D eigenvalue weighted by atomic mass is 9.88. The Bertz CT molecular complexity index is 196. The van der Waals surface area contributed by atoms with Crippen LogP contribution in [-0.2, 0) is 4.74 Å². The Balaban J connectivity index is 1.49. The first-order valence-electron chi connectivity index (χ1n) is 6.72. The first kappa shape index (κ1) is 12.3. The monoisotopic (exact) mass is 226 g/mol. The van der Waals surface area contributed by atoms with Gasteiger partial charge in [0.25, 0.3) is 0 Å². The molecule has 1 saturated carbocycles. The Hall–Kier alpha value is -0.120. The summed E-state index contributed by atoms with van der Waals surface area (Å²) in [6.45, 7) is 3.79. The van der Waals surface area contributed by atoms with Crippen LogP contribution in [0.3, 0.4) is 0 Å². The van der Waals surface area contributed by atoms with E-state index in [0.717, 1.165) is 12.0 Å². The first-order chi connectivity index (χ1) is 7.78. The minimum atomic E-state index is 0.529. The van der Waals surface area contributed by atoms with Gasteiger partial charge in [-0.1, -0.05) is 0 Å². The Morgan fingerprint density at radius 1 is 1.25 bits per heavy atom. The summed E-state index contributed by atoms with van der Waals surface area (Å²) in [6, 6.07) is 0.733. The lowest BCUT2D eigenvalue weighted by molar-refractivity contribution is 0.0170. The predicted octanol–water partition coefficient (Wildman–Crippen LogP) is 1.49. The van der Waals surface area contributed by atoms with Crippen molar-refractivity contribution >= 4 is 0 Å². The molecule has 3 nitrogen and oxygen atoms in total. The van der Waals surface area contributed by atoms with Gasteiger partial charge in [-0.3, -0.25) is 0 Å². The molecule has 1 saturated heterocycles. The highest BCUT2D eigenvalue weighted by molar-refractivity contribution is 4.85. The van der Waals surface area contributed by atoms with Gasteiger partial charge in [0.2, 0.25) is 0 Å². The van der Waals surface area contributed by atoms with Crippen LogP contribution >= 0.6 is 0 Å². The van der Waals surface area contributed by atoms with E-state index in [2.05, 4.69) is 17.3 Å². The Kier molecular flexibility index (Phi) is 4.62. The average Bonchev–Trinajstić information content (AvgIpc) is 2.24. The zero-order valence-electron chi connectivity index (χ0n) is 10.7. The van der Waals surface area contributed by atoms with E-state index in [1.165, 1.54) is 51.7 Å². The van der Waals surface area contributed by atoms with Crippen LogP contribution in [0.25, 0.3) is 0 Å². The van der Waals surface area contributed by atoms with Gasteiger partial charge in [0, 0.05) is 13.2 Å². The van der Waals surface area contributed by atoms with Crippen molar-refractivity contribution in [2.45, 2.75) is 44.2 Å². The van der Waals surface area contributed by atoms with Crippen LogP contribution in [0, 0.1) is 5.92 Å². The molecule has 0 atom stereocenters. The van der Waals surface area contributed by atoms with Crippen LogP contribution in [0.15, 0.2) is 0 Å². The lowest BCUT2D eigenvalue weighted by Crippen LogP contribution is -2.45. The molecule has 0 aromatic carbocycles. The summed E-state index contributed by atoms with van der Waals surface area (Å²) in [4.78, 5) is 2.44. The van der Waals surface area contributed by atoms with E-state index < -0.39 is 0 Å². The summed E-state index contributed by atoms with van der Waals surface area (Å²) in [5.74, 6) is 0.960. The summed E-state index contributed by atoms with van der Waals surface area (Å²) in [5, 5.41) is 3.65. The third-order valence-corrected chi connectivity index (χ3v) is 4.25. The second-order valence-electron chi connectivity index (χ2n) is 5.52. The topological polar surface area (TPSA) is 24.5 Å². The molecular weight excluding hydrogens is 200 g/mol. The average molecular weight is 226 g/mol. The first-order valence-corrected chi connectivity index (χ1v) is 6.72. The molecular formula is C13H26N2O. The third-order valence-electron chi connectivity index (χ3n) is 4.25. The fourth-order valence-corrected chi connectivity index (χ4v) is 2.77. The maximum Gasteiger partial charge on any atom is 0.0601 e. The van der Waals surface area contributed by atoms with Gasteiger partial charge in [0.05, 0.1) is 6.10 Å². The molecule has 94 valence electrons. The van der Waals surface area contributed by atoms with Gasteiger partial charge >= 0.3 is 0 Å². The molecule has 16 heavy (non-hydrogen) atoms. The highest BCUT2D eigenvalue weighted by atomic mass is 16.5. The number of methoxy groups -OCH3 is 1. The van der Waals surface area contributed by atoms with Crippen molar-refractivity contribution in [2.75, 3.05) is 33.8 Å². The second kappa shape index (κ2) is 5.99. The molecule has 1 heterocycles. The molecule has 2 rings (SSSR count). The molecule has 0 radical (unpaired) electrons. The number of hydrogen-bond donors (Lipinski definition) is 1. The summed E-state index contributed by atoms with van der Waals surface area (Å²) < 4.78 is 5.28. The Morgan fingerprint density at radius 2 is 1.94 bits per heavy atom. The molecule has 0 bridgehead atoms. The van der Waals surface area contributed by atoms with Crippen LogP contribution in [0.1, 0.15) is 32.1 Å². The van der Waals surface area contributed by atoms with Gasteiger partial charge in [0.1, 0.15) is 0 Å². The van der Waals surface area contributed by atoms with Crippen LogP contribution in [0.5, 0.6) is 0 Å². The van der Waals surface area contributed by atoms with Crippen molar-refractivity contribution in [2.24, 2.45) is 5.92 Å². The largest absolute Gasteiger partial charge is 0.381 e. The zero-order chi connectivity index (χ0) is 11.4. The molecule has 2 fully saturated rings. The minimum Gasteiger partial charge on any atom is -0.381 e. The molecule has 1 N–H and O–H groups in total. The van der Waals surface area contributed by atoms with Crippen molar-refractivity contribution < 1.29 is 4.74 Å². The summed E-state index contributed by atoms with van der Waals surface area (Å²) in [7, 11) is 4.05. The highest BCUT2D eigenvalue weighted by Crippen LogP contribution is 2.23. The normalized spacial score (nSPS) is 32.6. The van der Waals surface area contributed by atoms with Crippen molar-refractivity contribution in [3.05, 3.63) is 0 Å². The fourth-order valence-electron chi connectivity index (χ4n) is 2.77. The van der Waals surface area contributed by atoms with Crippen LogP contribution < -0.4 is 5.32 Å². The van der Waals surface area contributed by atoms with Gasteiger partial charge in [0.15, 0.2) is 0 Å². The fraction of sp³-hybridized carbons (Fsp3) is 1.00. The van der Waals surface area contributed by atoms with Gasteiger partial charge in [-0.05, 0) is 64.7 Å². The number of piperidine rings is 1. The van der Waals surface area contributed by atoms with E-state index >= 15 is 0 Å². The van der Waals surface area contributed by atoms with Gasteiger partial charge in [-0.2, -0.15) is 0 Å². The van der Waals surface area contributed by atoms with E-state index in [9.17, 15) is 0 Å². The molecule has 2 aliphatic rings. The highest BCUT2D eigenvalue weighted by Gasteiger charge is 2.28. The smallest absolute Gasteiger partial charge is 0.0601 e. The molecule has 1 aliphatic carbocycles. The maximum absolute atomic E-state index is 5.28. The summed E-state index contributed by atoms with van der Waals surface area (Å²) in [5.41, 5.74) is 0. The van der Waals surface area contributed by atoms with Crippen LogP contribution in [0.4, 0.5) is 0 Å². The third kappa shape index (κ3) is 3.44. The van der Waals surface area contributed by atoms with Crippen molar-refractivity contribution in [1.29, 1.82) is 0 Å². The molecule has 0 unspecified atom stereocenters. The van der Waals surface area contributed by atoms with Crippen LogP contribution in [-0.4, -0.2) is 50.8 Å². The summed E-state index contributed by atoms with van der Waals surface area (Å²) in [6.07, 6.45) is 7.10. The van der Waals surface area contributed by atoms with E-state index in [0.29, 0.717) is 6.10 Å². The molecule has 0 amide bonds. The zero-order valence-corrected chi connectivity index (χ0v) is 10.7. The quantitative estimate of drug-likeness (QED) is 0.768. The van der Waals surface area contributed by atoms with E-state index in [-0.39, 0.29) is 0 Å². The number of rotatable bonds is 5. The minimum absolute atomic E-state index is 0.529. The number of nitrogens with zero attached hydrogens (tertiary/aromatic N) is 1. The standard InChI is InChI=1S/C13H26N2O/c1-15-7-4-11(5-8-15)3-6-14-12-9-13(10-12)16-2/h11-14H,3-10H2,1-2H3. The van der Waals surface area contributed by atoms with Gasteiger partial charge in [-0.25, -0.2) is 0 Å². The second-order valence-corrected chi connectivity index (χ2v) is 5.52. The number of ether oxygens (including phenoxy) is 1. The predicted molar refractivity (Wildman–Crippen MR) is 66.7 cm³/mol. The van der Waals surface area contributed by atoms with Gasteiger partial charge in [-0.15, -0.1) is 0 Å². The number of hydrogen-bond acceptors (Lipinski definition) is 3. The van der Waals surface area contributed by atoms with Crippen molar-refractivity contribution in [3.63, 3.8) is 0 Å². The van der Waals surface area contributed by atoms with Crippen molar-refractivity contribution in [3.8, 4) is 0 Å².